The largest absolute Gasteiger partial charge is 0.489 e. The maximum atomic E-state index is 13.5. The Kier molecular flexibility index (Phi) is 7.05. The molecule has 1 atom stereocenters. The zero-order valence-electron chi connectivity index (χ0n) is 19.8. The lowest BCUT2D eigenvalue weighted by Crippen LogP contribution is -2.58. The van der Waals surface area contributed by atoms with E-state index in [-0.39, 0.29) is 64.7 Å². The molecular formula is C22H30Cl2N4O5. The number of hydrogen-bond donors (Lipinski definition) is 1. The van der Waals surface area contributed by atoms with Crippen molar-refractivity contribution in [3.63, 3.8) is 0 Å². The van der Waals surface area contributed by atoms with Crippen molar-refractivity contribution in [2.24, 2.45) is 5.41 Å². The highest BCUT2D eigenvalue weighted by molar-refractivity contribution is 6.42. The van der Waals surface area contributed by atoms with E-state index < -0.39 is 23.6 Å². The van der Waals surface area contributed by atoms with Crippen LogP contribution in [0, 0.1) is 5.41 Å². The van der Waals surface area contributed by atoms with Crippen LogP contribution in [-0.2, 0) is 9.53 Å². The third kappa shape index (κ3) is 6.00. The van der Waals surface area contributed by atoms with Gasteiger partial charge in [-0.25, -0.2) is 9.78 Å². The molecule has 11 heteroatoms. The van der Waals surface area contributed by atoms with E-state index in [1.54, 1.807) is 30.6 Å². The summed E-state index contributed by atoms with van der Waals surface area (Å²) in [7, 11) is 0. The van der Waals surface area contributed by atoms with Crippen LogP contribution in [0.3, 0.4) is 0 Å². The van der Waals surface area contributed by atoms with Crippen LogP contribution in [0.15, 0.2) is 0 Å². The first-order valence-electron chi connectivity index (χ1n) is 10.8. The smallest absolute Gasteiger partial charge is 0.410 e. The molecule has 1 N–H and O–H groups in total. The number of hydrogen-bond acceptors (Lipinski definition) is 6. The van der Waals surface area contributed by atoms with Crippen LogP contribution < -0.4 is 10.1 Å². The first-order valence-corrected chi connectivity index (χ1v) is 11.5. The van der Waals surface area contributed by atoms with Crippen LogP contribution in [0.25, 0.3) is 0 Å². The third-order valence-electron chi connectivity index (χ3n) is 5.03. The average Bonchev–Trinajstić information content (AvgIpc) is 2.80. The maximum absolute atomic E-state index is 13.5. The van der Waals surface area contributed by atoms with Crippen molar-refractivity contribution in [2.75, 3.05) is 31.6 Å². The highest BCUT2D eigenvalue weighted by Crippen LogP contribution is 2.41. The number of pyridine rings is 1. The number of halogens is 2. The van der Waals surface area contributed by atoms with Crippen molar-refractivity contribution < 1.29 is 23.9 Å². The molecule has 2 aliphatic heterocycles. The van der Waals surface area contributed by atoms with Crippen LogP contribution in [0.1, 0.15) is 58.3 Å². The van der Waals surface area contributed by atoms with Gasteiger partial charge in [0.05, 0.1) is 6.04 Å². The van der Waals surface area contributed by atoms with Gasteiger partial charge in [-0.1, -0.05) is 44.0 Å². The van der Waals surface area contributed by atoms with E-state index >= 15 is 0 Å². The summed E-state index contributed by atoms with van der Waals surface area (Å²) in [5, 5.41) is 2.61. The fourth-order valence-corrected chi connectivity index (χ4v) is 4.04. The number of carbonyl (C=O) groups is 3. The van der Waals surface area contributed by atoms with E-state index in [1.807, 2.05) is 20.8 Å². The zero-order valence-corrected chi connectivity index (χ0v) is 21.3. The van der Waals surface area contributed by atoms with Gasteiger partial charge in [-0.05, 0) is 26.2 Å². The monoisotopic (exact) mass is 500 g/mol. The normalized spacial score (nSPS) is 18.7. The van der Waals surface area contributed by atoms with Crippen LogP contribution in [0.4, 0.5) is 10.6 Å². The van der Waals surface area contributed by atoms with E-state index in [9.17, 15) is 14.4 Å². The first-order chi connectivity index (χ1) is 15.2. The molecule has 0 aliphatic carbocycles. The molecule has 3 amide bonds. The van der Waals surface area contributed by atoms with Gasteiger partial charge in [0.2, 0.25) is 5.91 Å². The summed E-state index contributed by atoms with van der Waals surface area (Å²) in [6.07, 6.45) is -0.232. The molecule has 33 heavy (non-hydrogen) atoms. The summed E-state index contributed by atoms with van der Waals surface area (Å²) in [6, 6.07) is -0.431. The minimum absolute atomic E-state index is 0.00215. The topological polar surface area (TPSA) is 101 Å². The van der Waals surface area contributed by atoms with E-state index in [4.69, 9.17) is 32.7 Å². The molecule has 0 bridgehead atoms. The molecule has 1 aromatic heterocycles. The number of nitrogens with one attached hydrogen (secondary N) is 1. The quantitative estimate of drug-likeness (QED) is 0.610. The summed E-state index contributed by atoms with van der Waals surface area (Å²) in [5.41, 5.74) is -0.836. The van der Waals surface area contributed by atoms with E-state index in [1.165, 1.54) is 0 Å². The maximum Gasteiger partial charge on any atom is 0.410 e. The van der Waals surface area contributed by atoms with Crippen LogP contribution in [-0.4, -0.2) is 70.6 Å². The Hall–Kier alpha value is -2.26. The molecular weight excluding hydrogens is 471 g/mol. The first kappa shape index (κ1) is 25.4. The number of piperazine rings is 1. The number of fused-ring (bicyclic) bond motifs is 2. The molecule has 182 valence electrons. The number of carbonyl (C=O) groups excluding carboxylic acids is 3. The van der Waals surface area contributed by atoms with E-state index in [0.717, 1.165) is 0 Å². The fraction of sp³-hybridized carbons (Fsp3) is 0.636. The minimum atomic E-state index is -0.629. The predicted molar refractivity (Wildman–Crippen MR) is 125 cm³/mol. The Morgan fingerprint density at radius 3 is 2.45 bits per heavy atom. The van der Waals surface area contributed by atoms with Gasteiger partial charge in [0, 0.05) is 26.1 Å². The van der Waals surface area contributed by atoms with Crippen molar-refractivity contribution >= 4 is 46.9 Å². The van der Waals surface area contributed by atoms with Gasteiger partial charge >= 0.3 is 6.09 Å². The second kappa shape index (κ2) is 9.18. The second-order valence-electron chi connectivity index (χ2n) is 10.4. The number of nitrogens with zero attached hydrogens (tertiary/aromatic N) is 3. The van der Waals surface area contributed by atoms with Gasteiger partial charge in [0.1, 0.15) is 22.8 Å². The molecule has 3 heterocycles. The Morgan fingerprint density at radius 1 is 1.18 bits per heavy atom. The molecule has 0 spiro atoms. The van der Waals surface area contributed by atoms with Gasteiger partial charge in [-0.15, -0.1) is 0 Å². The third-order valence-corrected chi connectivity index (χ3v) is 5.75. The second-order valence-corrected chi connectivity index (χ2v) is 11.2. The molecule has 2 aliphatic rings. The molecule has 1 aromatic rings. The summed E-state index contributed by atoms with van der Waals surface area (Å²) in [4.78, 5) is 46.0. The molecule has 3 rings (SSSR count). The standard InChI is InChI=1S/C22H30Cl2N4O5/c1-21(2,3)9-13(29)25-18-14-16(15(23)17(24)26-18)32-11-12-10-27(7-8-28(12)19(14)30)20(31)33-22(4,5)6/h12H,7-11H2,1-6H3,(H,25,26,29)/t12-/m1/s1. The molecule has 1 fully saturated rings. The SMILES string of the molecule is CC(C)(C)CC(=O)Nc1nc(Cl)c(Cl)c2c1C(=O)N1CCN(C(=O)OC(C)(C)C)C[C@@H]1CO2. The lowest BCUT2D eigenvalue weighted by Gasteiger charge is -2.40. The lowest BCUT2D eigenvalue weighted by molar-refractivity contribution is -0.117. The number of aromatic nitrogens is 1. The number of ether oxygens (including phenoxy) is 2. The van der Waals surface area contributed by atoms with Crippen molar-refractivity contribution in [3.05, 3.63) is 15.7 Å². The average molecular weight is 501 g/mol. The van der Waals surface area contributed by atoms with Crippen molar-refractivity contribution in [3.8, 4) is 5.75 Å². The Morgan fingerprint density at radius 2 is 1.85 bits per heavy atom. The number of rotatable bonds is 2. The van der Waals surface area contributed by atoms with Crippen molar-refractivity contribution in [1.29, 1.82) is 0 Å². The van der Waals surface area contributed by atoms with Crippen LogP contribution in [0.5, 0.6) is 5.75 Å². The summed E-state index contributed by atoms with van der Waals surface area (Å²) in [5.74, 6) is -0.618. The Balaban J connectivity index is 1.88. The number of anilines is 1. The summed E-state index contributed by atoms with van der Waals surface area (Å²) >= 11 is 12.5. The summed E-state index contributed by atoms with van der Waals surface area (Å²) in [6.45, 7) is 12.1. The fourth-order valence-electron chi connectivity index (χ4n) is 3.68. The van der Waals surface area contributed by atoms with Gasteiger partial charge < -0.3 is 24.6 Å². The van der Waals surface area contributed by atoms with Gasteiger partial charge in [-0.3, -0.25) is 9.59 Å². The molecule has 0 radical (unpaired) electrons. The number of amides is 3. The molecule has 1 saturated heterocycles. The predicted octanol–water partition coefficient (Wildman–Crippen LogP) is 4.22. The van der Waals surface area contributed by atoms with Crippen LogP contribution in [0.2, 0.25) is 10.2 Å². The lowest BCUT2D eigenvalue weighted by atomic mass is 9.92. The van der Waals surface area contributed by atoms with E-state index in [0.29, 0.717) is 6.54 Å². The van der Waals surface area contributed by atoms with Gasteiger partial charge in [0.15, 0.2) is 16.7 Å². The summed E-state index contributed by atoms with van der Waals surface area (Å²) < 4.78 is 11.4. The highest BCUT2D eigenvalue weighted by atomic mass is 35.5. The minimum Gasteiger partial charge on any atom is -0.489 e. The van der Waals surface area contributed by atoms with E-state index in [2.05, 4.69) is 10.3 Å². The molecule has 0 aromatic carbocycles. The zero-order chi connectivity index (χ0) is 24.7. The highest BCUT2D eigenvalue weighted by Gasteiger charge is 2.40. The Bertz CT molecular complexity index is 971. The van der Waals surface area contributed by atoms with Gasteiger partial charge in [-0.2, -0.15) is 0 Å². The molecule has 0 unspecified atom stereocenters. The van der Waals surface area contributed by atoms with Crippen LogP contribution >= 0.6 is 23.2 Å². The van der Waals surface area contributed by atoms with Crippen molar-refractivity contribution in [1.82, 2.24) is 14.8 Å². The van der Waals surface area contributed by atoms with Gasteiger partial charge in [0.25, 0.3) is 5.91 Å². The molecule has 9 nitrogen and oxygen atoms in total. The molecule has 0 saturated carbocycles. The Labute approximate surface area is 203 Å². The van der Waals surface area contributed by atoms with Crippen molar-refractivity contribution in [2.45, 2.75) is 59.6 Å².